The van der Waals surface area contributed by atoms with Gasteiger partial charge in [-0.1, -0.05) is 18.2 Å². The van der Waals surface area contributed by atoms with Gasteiger partial charge in [-0.2, -0.15) is 0 Å². The number of carbonyl (C=O) groups is 1. The predicted molar refractivity (Wildman–Crippen MR) is 112 cm³/mol. The monoisotopic (exact) mass is 452 g/mol. The lowest BCUT2D eigenvalue weighted by Crippen LogP contribution is -2.28. The summed E-state index contributed by atoms with van der Waals surface area (Å²) in [6.45, 7) is 0.138. The van der Waals surface area contributed by atoms with E-state index in [1.807, 2.05) is 0 Å². The Balaban J connectivity index is 1.62. The number of amides is 1. The number of methoxy groups -OCH3 is 1. The summed E-state index contributed by atoms with van der Waals surface area (Å²) in [5, 5.41) is 2.63. The van der Waals surface area contributed by atoms with Crippen LogP contribution in [0.15, 0.2) is 58.3 Å². The summed E-state index contributed by atoms with van der Waals surface area (Å²) in [6.07, 6.45) is 1.80. The minimum absolute atomic E-state index is 0.0799. The molecule has 1 aliphatic carbocycles. The van der Waals surface area contributed by atoms with Crippen LogP contribution in [0.5, 0.6) is 5.75 Å². The third kappa shape index (κ3) is 5.59. The molecule has 0 atom stereocenters. The lowest BCUT2D eigenvalue weighted by molar-refractivity contribution is 0.0953. The van der Waals surface area contributed by atoms with Crippen molar-refractivity contribution in [1.29, 1.82) is 0 Å². The van der Waals surface area contributed by atoms with Crippen LogP contribution in [-0.2, 0) is 19.9 Å². The van der Waals surface area contributed by atoms with E-state index in [9.17, 15) is 21.6 Å². The second-order valence-corrected chi connectivity index (χ2v) is 10.8. The molecule has 0 radical (unpaired) electrons. The van der Waals surface area contributed by atoms with Crippen molar-refractivity contribution in [2.24, 2.45) is 0 Å². The molecule has 0 aliphatic heterocycles. The van der Waals surface area contributed by atoms with Crippen molar-refractivity contribution >= 4 is 25.8 Å². The number of sulfonamides is 1. The fourth-order valence-corrected chi connectivity index (χ4v) is 5.66. The van der Waals surface area contributed by atoms with E-state index in [4.69, 9.17) is 4.74 Å². The van der Waals surface area contributed by atoms with Crippen molar-refractivity contribution in [2.75, 3.05) is 19.4 Å². The molecule has 1 fully saturated rings. The number of carbonyl (C=O) groups excluding carboxylic acids is 1. The van der Waals surface area contributed by atoms with E-state index in [1.54, 1.807) is 18.2 Å². The highest BCUT2D eigenvalue weighted by Gasteiger charge is 2.30. The molecule has 2 aromatic carbocycles. The van der Waals surface area contributed by atoms with Gasteiger partial charge in [0.15, 0.2) is 9.84 Å². The molecule has 162 valence electrons. The number of hydrogen-bond acceptors (Lipinski definition) is 6. The minimum Gasteiger partial charge on any atom is -0.495 e. The van der Waals surface area contributed by atoms with Gasteiger partial charge in [0.25, 0.3) is 5.91 Å². The smallest absolute Gasteiger partial charge is 0.251 e. The van der Waals surface area contributed by atoms with Gasteiger partial charge in [0, 0.05) is 18.2 Å². The minimum atomic E-state index is -3.81. The van der Waals surface area contributed by atoms with Crippen LogP contribution in [0.25, 0.3) is 0 Å². The van der Waals surface area contributed by atoms with Gasteiger partial charge in [-0.25, -0.2) is 21.6 Å². The van der Waals surface area contributed by atoms with E-state index in [0.717, 1.165) is 12.8 Å². The molecule has 0 spiro atoms. The molecule has 1 aliphatic rings. The van der Waals surface area contributed by atoms with Gasteiger partial charge < -0.3 is 10.1 Å². The third-order valence-electron chi connectivity index (χ3n) is 4.59. The Hall–Kier alpha value is -2.43. The normalized spacial score (nSPS) is 14.3. The topological polar surface area (TPSA) is 119 Å². The first kappa shape index (κ1) is 22.3. The van der Waals surface area contributed by atoms with Crippen LogP contribution < -0.4 is 14.8 Å². The molecule has 0 bridgehead atoms. The summed E-state index contributed by atoms with van der Waals surface area (Å²) >= 11 is 0. The Morgan fingerprint density at radius 2 is 1.77 bits per heavy atom. The SMILES string of the molecule is COc1ccc(C(=O)NCCCS(=O)(=O)c2ccccc2)cc1S(=O)(=O)NC1CC1. The van der Waals surface area contributed by atoms with E-state index in [2.05, 4.69) is 10.0 Å². The maximum absolute atomic E-state index is 12.6. The summed E-state index contributed by atoms with van der Waals surface area (Å²) in [5.41, 5.74) is 0.151. The summed E-state index contributed by atoms with van der Waals surface area (Å²) < 4.78 is 57.3. The van der Waals surface area contributed by atoms with Gasteiger partial charge in [0.05, 0.1) is 17.8 Å². The summed E-state index contributed by atoms with van der Waals surface area (Å²) in [5.74, 6) is -0.448. The van der Waals surface area contributed by atoms with Crippen LogP contribution in [0.1, 0.15) is 29.6 Å². The fraction of sp³-hybridized carbons (Fsp3) is 0.350. The zero-order valence-corrected chi connectivity index (χ0v) is 18.1. The highest BCUT2D eigenvalue weighted by molar-refractivity contribution is 7.91. The first-order valence-electron chi connectivity index (χ1n) is 9.49. The zero-order valence-electron chi connectivity index (χ0n) is 16.5. The molecular weight excluding hydrogens is 428 g/mol. The molecule has 3 rings (SSSR count). The second-order valence-electron chi connectivity index (χ2n) is 7.00. The van der Waals surface area contributed by atoms with Crippen LogP contribution in [0, 0.1) is 0 Å². The average molecular weight is 453 g/mol. The average Bonchev–Trinajstić information content (AvgIpc) is 3.54. The Bertz CT molecular complexity index is 1110. The molecule has 0 unspecified atom stereocenters. The number of rotatable bonds is 10. The first-order valence-corrected chi connectivity index (χ1v) is 12.6. The van der Waals surface area contributed by atoms with E-state index in [-0.39, 0.29) is 45.9 Å². The van der Waals surface area contributed by atoms with Crippen molar-refractivity contribution in [3.05, 3.63) is 54.1 Å². The third-order valence-corrected chi connectivity index (χ3v) is 7.95. The van der Waals surface area contributed by atoms with Gasteiger partial charge in [-0.15, -0.1) is 0 Å². The van der Waals surface area contributed by atoms with Crippen LogP contribution in [0.4, 0.5) is 0 Å². The number of ether oxygens (including phenoxy) is 1. The van der Waals surface area contributed by atoms with Gasteiger partial charge in [-0.3, -0.25) is 4.79 Å². The molecule has 1 amide bonds. The van der Waals surface area contributed by atoms with Crippen molar-refractivity contribution in [1.82, 2.24) is 10.0 Å². The summed E-state index contributed by atoms with van der Waals surface area (Å²) in [4.78, 5) is 12.6. The van der Waals surface area contributed by atoms with Crippen molar-refractivity contribution in [3.8, 4) is 5.75 Å². The maximum Gasteiger partial charge on any atom is 0.251 e. The lowest BCUT2D eigenvalue weighted by atomic mass is 10.2. The van der Waals surface area contributed by atoms with Crippen molar-refractivity contribution in [3.63, 3.8) is 0 Å². The number of benzene rings is 2. The van der Waals surface area contributed by atoms with Crippen molar-refractivity contribution in [2.45, 2.75) is 35.1 Å². The second kappa shape index (κ2) is 9.15. The van der Waals surface area contributed by atoms with Gasteiger partial charge in [0.1, 0.15) is 10.6 Å². The molecule has 0 aromatic heterocycles. The Kier molecular flexibility index (Phi) is 6.79. The molecule has 2 N–H and O–H groups in total. The van der Waals surface area contributed by atoms with Crippen LogP contribution in [0.2, 0.25) is 0 Å². The number of hydrogen-bond donors (Lipinski definition) is 2. The molecule has 0 saturated heterocycles. The fourth-order valence-electron chi connectivity index (χ4n) is 2.82. The molecule has 2 aromatic rings. The van der Waals surface area contributed by atoms with E-state index in [0.29, 0.717) is 0 Å². The highest BCUT2D eigenvalue weighted by atomic mass is 32.2. The standard InChI is InChI=1S/C20H24N2O6S2/c1-28-18-11-8-15(14-19(18)30(26,27)22-16-9-10-16)20(23)21-12-5-13-29(24,25)17-6-3-2-4-7-17/h2-4,6-8,11,14,16,22H,5,9-10,12-13H2,1H3,(H,21,23). The largest absolute Gasteiger partial charge is 0.495 e. The molecule has 1 saturated carbocycles. The van der Waals surface area contributed by atoms with Crippen LogP contribution in [-0.4, -0.2) is 48.2 Å². The zero-order chi connectivity index (χ0) is 21.8. The first-order chi connectivity index (χ1) is 14.2. The molecule has 0 heterocycles. The van der Waals surface area contributed by atoms with Crippen molar-refractivity contribution < 1.29 is 26.4 Å². The quantitative estimate of drug-likeness (QED) is 0.530. The molecule has 30 heavy (non-hydrogen) atoms. The summed E-state index contributed by atoms with van der Waals surface area (Å²) in [6, 6.07) is 12.2. The molecule has 8 nitrogen and oxygen atoms in total. The number of nitrogens with one attached hydrogen (secondary N) is 2. The Morgan fingerprint density at radius 3 is 2.40 bits per heavy atom. The van der Waals surface area contributed by atoms with Gasteiger partial charge in [0.2, 0.25) is 10.0 Å². The molecular formula is C20H24N2O6S2. The van der Waals surface area contributed by atoms with Crippen LogP contribution in [0.3, 0.4) is 0 Å². The molecule has 10 heteroatoms. The Morgan fingerprint density at radius 1 is 1.07 bits per heavy atom. The van der Waals surface area contributed by atoms with E-state index in [1.165, 1.54) is 37.4 Å². The predicted octanol–water partition coefficient (Wildman–Crippen LogP) is 1.73. The highest BCUT2D eigenvalue weighted by Crippen LogP contribution is 2.28. The number of sulfone groups is 1. The van der Waals surface area contributed by atoms with E-state index < -0.39 is 25.8 Å². The lowest BCUT2D eigenvalue weighted by Gasteiger charge is -2.12. The van der Waals surface area contributed by atoms with Gasteiger partial charge in [-0.05, 0) is 49.6 Å². The van der Waals surface area contributed by atoms with Gasteiger partial charge >= 0.3 is 0 Å². The summed E-state index contributed by atoms with van der Waals surface area (Å²) in [7, 11) is -5.86. The van der Waals surface area contributed by atoms with E-state index >= 15 is 0 Å². The van der Waals surface area contributed by atoms with Crippen LogP contribution >= 0.6 is 0 Å². The Labute approximate surface area is 176 Å². The maximum atomic E-state index is 12.6.